The van der Waals surface area contributed by atoms with Crippen LogP contribution in [0.25, 0.3) is 11.5 Å². The Hall–Kier alpha value is -3.02. The maximum absolute atomic E-state index is 13.7. The molecule has 0 saturated carbocycles. The van der Waals surface area contributed by atoms with Crippen LogP contribution in [0, 0.1) is 5.82 Å². The van der Waals surface area contributed by atoms with Crippen LogP contribution in [0.3, 0.4) is 0 Å². The molecular weight excluding hydrogens is 297 g/mol. The molecule has 0 aliphatic heterocycles. The summed E-state index contributed by atoms with van der Waals surface area (Å²) in [5.41, 5.74) is 1.15. The lowest BCUT2D eigenvalue weighted by molar-refractivity contribution is 0.0746. The Kier molecular flexibility index (Phi) is 4.14. The largest absolute Gasteiger partial charge is 0.412 e. The predicted molar refractivity (Wildman–Crippen MR) is 81.9 cm³/mol. The van der Waals surface area contributed by atoms with Crippen molar-refractivity contribution < 1.29 is 13.6 Å². The Morgan fingerprint density at radius 1 is 1.09 bits per heavy atom. The van der Waals surface area contributed by atoms with Gasteiger partial charge in [-0.3, -0.25) is 4.79 Å². The topological polar surface area (TPSA) is 59.2 Å². The van der Waals surface area contributed by atoms with E-state index >= 15 is 0 Å². The highest BCUT2D eigenvalue weighted by molar-refractivity contribution is 5.89. The third-order valence-corrected chi connectivity index (χ3v) is 3.32. The van der Waals surface area contributed by atoms with Gasteiger partial charge in [-0.05, 0) is 17.7 Å². The van der Waals surface area contributed by atoms with Crippen LogP contribution >= 0.6 is 0 Å². The maximum Gasteiger partial charge on any atom is 0.311 e. The average molecular weight is 311 g/mol. The van der Waals surface area contributed by atoms with Crippen molar-refractivity contribution in [1.29, 1.82) is 0 Å². The van der Waals surface area contributed by atoms with E-state index in [2.05, 4.69) is 10.2 Å². The van der Waals surface area contributed by atoms with E-state index in [9.17, 15) is 9.18 Å². The van der Waals surface area contributed by atoms with Crippen LogP contribution in [0.1, 0.15) is 16.2 Å². The van der Waals surface area contributed by atoms with Crippen LogP contribution in [0.4, 0.5) is 4.39 Å². The van der Waals surface area contributed by atoms with Gasteiger partial charge in [-0.15, -0.1) is 10.2 Å². The second-order valence-electron chi connectivity index (χ2n) is 5.04. The molecule has 116 valence electrons. The van der Waals surface area contributed by atoms with Crippen LogP contribution in [-0.2, 0) is 6.54 Å². The Morgan fingerprint density at radius 2 is 1.78 bits per heavy atom. The Labute approximate surface area is 132 Å². The van der Waals surface area contributed by atoms with Crippen LogP contribution in [-0.4, -0.2) is 28.1 Å². The third kappa shape index (κ3) is 3.26. The normalized spacial score (nSPS) is 10.5. The zero-order chi connectivity index (χ0) is 16.2. The Bertz CT molecular complexity index is 817. The molecule has 1 heterocycles. The molecule has 0 saturated heterocycles. The highest BCUT2D eigenvalue weighted by atomic mass is 19.1. The lowest BCUT2D eigenvalue weighted by Gasteiger charge is -2.14. The maximum atomic E-state index is 13.7. The molecule has 23 heavy (non-hydrogen) atoms. The number of hydrogen-bond donors (Lipinski definition) is 0. The number of aromatic nitrogens is 2. The van der Waals surface area contributed by atoms with Crippen molar-refractivity contribution in [1.82, 2.24) is 15.1 Å². The molecule has 3 rings (SSSR count). The van der Waals surface area contributed by atoms with E-state index in [1.54, 1.807) is 19.2 Å². The van der Waals surface area contributed by atoms with Crippen molar-refractivity contribution in [2.45, 2.75) is 6.54 Å². The molecule has 1 amide bonds. The van der Waals surface area contributed by atoms with Gasteiger partial charge < -0.3 is 9.32 Å². The van der Waals surface area contributed by atoms with Gasteiger partial charge in [0.15, 0.2) is 0 Å². The van der Waals surface area contributed by atoms with Gasteiger partial charge in [0.05, 0.1) is 5.56 Å². The van der Waals surface area contributed by atoms with Crippen molar-refractivity contribution in [2.24, 2.45) is 0 Å². The third-order valence-electron chi connectivity index (χ3n) is 3.32. The van der Waals surface area contributed by atoms with Crippen molar-refractivity contribution in [2.75, 3.05) is 7.05 Å². The standard InChI is InChI=1S/C17H14FN3O2/c1-21(11-12-7-3-2-4-8-12)17(22)16-20-19-15(23-16)13-9-5-6-10-14(13)18/h2-10H,11H2,1H3. The second-order valence-corrected chi connectivity index (χ2v) is 5.04. The van der Waals surface area contributed by atoms with E-state index in [1.165, 1.54) is 17.0 Å². The number of amides is 1. The summed E-state index contributed by atoms with van der Waals surface area (Å²) >= 11 is 0. The zero-order valence-corrected chi connectivity index (χ0v) is 12.4. The highest BCUT2D eigenvalue weighted by Crippen LogP contribution is 2.21. The number of nitrogens with zero attached hydrogens (tertiary/aromatic N) is 3. The van der Waals surface area contributed by atoms with E-state index < -0.39 is 11.7 Å². The first-order valence-corrected chi connectivity index (χ1v) is 7.03. The number of rotatable bonds is 4. The van der Waals surface area contributed by atoms with Crippen LogP contribution in [0.15, 0.2) is 59.0 Å². The van der Waals surface area contributed by atoms with E-state index in [1.807, 2.05) is 30.3 Å². The first kappa shape index (κ1) is 14.9. The van der Waals surface area contributed by atoms with Gasteiger partial charge in [-0.2, -0.15) is 0 Å². The lowest BCUT2D eigenvalue weighted by atomic mass is 10.2. The molecule has 0 aliphatic rings. The van der Waals surface area contributed by atoms with Crippen LogP contribution in [0.5, 0.6) is 0 Å². The number of hydrogen-bond acceptors (Lipinski definition) is 4. The smallest absolute Gasteiger partial charge is 0.311 e. The molecule has 0 fully saturated rings. The molecule has 0 aliphatic carbocycles. The van der Waals surface area contributed by atoms with E-state index in [-0.39, 0.29) is 17.3 Å². The number of carbonyl (C=O) groups excluding carboxylic acids is 1. The van der Waals surface area contributed by atoms with Crippen LogP contribution in [0.2, 0.25) is 0 Å². The fourth-order valence-corrected chi connectivity index (χ4v) is 2.15. The minimum atomic E-state index is -0.479. The van der Waals surface area contributed by atoms with E-state index in [4.69, 9.17) is 4.42 Å². The first-order chi connectivity index (χ1) is 11.1. The lowest BCUT2D eigenvalue weighted by Crippen LogP contribution is -2.26. The number of carbonyl (C=O) groups is 1. The molecule has 0 unspecified atom stereocenters. The van der Waals surface area contributed by atoms with Gasteiger partial charge in [-0.1, -0.05) is 42.5 Å². The summed E-state index contributed by atoms with van der Waals surface area (Å²) in [4.78, 5) is 13.8. The number of benzene rings is 2. The first-order valence-electron chi connectivity index (χ1n) is 7.03. The fourth-order valence-electron chi connectivity index (χ4n) is 2.15. The highest BCUT2D eigenvalue weighted by Gasteiger charge is 2.21. The summed E-state index contributed by atoms with van der Waals surface area (Å²) in [5.74, 6) is -1.07. The molecule has 0 bridgehead atoms. The molecule has 1 aromatic heterocycles. The van der Waals surface area contributed by atoms with Gasteiger partial charge in [0.25, 0.3) is 5.89 Å². The summed E-state index contributed by atoms with van der Waals surface area (Å²) in [6.07, 6.45) is 0. The predicted octanol–water partition coefficient (Wildman–Crippen LogP) is 3.15. The average Bonchev–Trinajstić information content (AvgIpc) is 3.05. The molecule has 0 N–H and O–H groups in total. The summed E-state index contributed by atoms with van der Waals surface area (Å²) in [7, 11) is 1.64. The van der Waals surface area contributed by atoms with Gasteiger partial charge in [0.2, 0.25) is 0 Å². The number of halogens is 1. The van der Waals surface area contributed by atoms with Gasteiger partial charge in [0, 0.05) is 13.6 Å². The zero-order valence-electron chi connectivity index (χ0n) is 12.4. The summed E-state index contributed by atoms with van der Waals surface area (Å²) < 4.78 is 19.0. The molecule has 0 radical (unpaired) electrons. The van der Waals surface area contributed by atoms with Crippen molar-refractivity contribution in [3.8, 4) is 11.5 Å². The van der Waals surface area contributed by atoms with Crippen molar-refractivity contribution in [3.63, 3.8) is 0 Å². The summed E-state index contributed by atoms with van der Waals surface area (Å²) in [6.45, 7) is 0.414. The Balaban J connectivity index is 1.77. The molecular formula is C17H14FN3O2. The van der Waals surface area contributed by atoms with Gasteiger partial charge >= 0.3 is 11.8 Å². The molecule has 2 aromatic carbocycles. The summed E-state index contributed by atoms with van der Waals surface area (Å²) in [5, 5.41) is 7.48. The fraction of sp³-hybridized carbons (Fsp3) is 0.118. The quantitative estimate of drug-likeness (QED) is 0.742. The molecule has 0 atom stereocenters. The molecule has 0 spiro atoms. The summed E-state index contributed by atoms with van der Waals surface area (Å²) in [6, 6.07) is 15.6. The minimum Gasteiger partial charge on any atom is -0.412 e. The van der Waals surface area contributed by atoms with Crippen molar-refractivity contribution in [3.05, 3.63) is 71.9 Å². The van der Waals surface area contributed by atoms with Gasteiger partial charge in [-0.25, -0.2) is 4.39 Å². The van der Waals surface area contributed by atoms with Crippen molar-refractivity contribution >= 4 is 5.91 Å². The molecule has 3 aromatic rings. The minimum absolute atomic E-state index is 0.0143. The Morgan fingerprint density at radius 3 is 2.52 bits per heavy atom. The van der Waals surface area contributed by atoms with E-state index in [0.29, 0.717) is 6.54 Å². The van der Waals surface area contributed by atoms with E-state index in [0.717, 1.165) is 5.56 Å². The van der Waals surface area contributed by atoms with Gasteiger partial charge in [0.1, 0.15) is 5.82 Å². The monoisotopic (exact) mass is 311 g/mol. The second kappa shape index (κ2) is 6.39. The molecule has 5 nitrogen and oxygen atoms in total. The SMILES string of the molecule is CN(Cc1ccccc1)C(=O)c1nnc(-c2ccccc2F)o1. The van der Waals surface area contributed by atoms with Crippen LogP contribution < -0.4 is 0 Å². The molecule has 6 heteroatoms.